The lowest BCUT2D eigenvalue weighted by Gasteiger charge is -2.25. The Bertz CT molecular complexity index is 820. The standard InChI is InChI=1S/C17H22N6O2/c1-11(2)17-21-20-14-6-5-12(10-23(14)17)8-18-9-15-19-16(22-25-15)13-4-3-7-24-13/h3-4,7,11-12,18H,5-6,8-10H2,1-2H3/t12-/m0/s1. The Morgan fingerprint density at radius 2 is 2.28 bits per heavy atom. The van der Waals surface area contributed by atoms with Crippen molar-refractivity contribution in [1.82, 2.24) is 30.2 Å². The van der Waals surface area contributed by atoms with Gasteiger partial charge in [-0.25, -0.2) is 0 Å². The number of aryl methyl sites for hydroxylation is 1. The lowest BCUT2D eigenvalue weighted by Crippen LogP contribution is -2.30. The van der Waals surface area contributed by atoms with E-state index in [0.717, 1.165) is 37.6 Å². The van der Waals surface area contributed by atoms with Crippen LogP contribution in [0, 0.1) is 5.92 Å². The summed E-state index contributed by atoms with van der Waals surface area (Å²) in [5, 5.41) is 16.0. The zero-order chi connectivity index (χ0) is 17.2. The molecule has 0 aliphatic carbocycles. The fraction of sp³-hybridized carbons (Fsp3) is 0.529. The second-order valence-corrected chi connectivity index (χ2v) is 6.76. The minimum absolute atomic E-state index is 0.395. The van der Waals surface area contributed by atoms with Crippen LogP contribution in [-0.4, -0.2) is 31.4 Å². The quantitative estimate of drug-likeness (QED) is 0.735. The van der Waals surface area contributed by atoms with Crippen LogP contribution in [0.4, 0.5) is 0 Å². The van der Waals surface area contributed by atoms with Crippen LogP contribution in [0.5, 0.6) is 0 Å². The highest BCUT2D eigenvalue weighted by molar-refractivity contribution is 5.44. The topological polar surface area (TPSA) is 94.8 Å². The Balaban J connectivity index is 1.31. The summed E-state index contributed by atoms with van der Waals surface area (Å²) < 4.78 is 12.8. The third kappa shape index (κ3) is 3.34. The first-order chi connectivity index (χ1) is 12.2. The van der Waals surface area contributed by atoms with Crippen LogP contribution >= 0.6 is 0 Å². The molecule has 0 spiro atoms. The first-order valence-electron chi connectivity index (χ1n) is 8.70. The second-order valence-electron chi connectivity index (χ2n) is 6.76. The third-order valence-electron chi connectivity index (χ3n) is 4.51. The van der Waals surface area contributed by atoms with E-state index in [2.05, 4.69) is 44.1 Å². The summed E-state index contributed by atoms with van der Waals surface area (Å²) in [6, 6.07) is 3.62. The second kappa shape index (κ2) is 6.79. The van der Waals surface area contributed by atoms with E-state index < -0.39 is 0 Å². The van der Waals surface area contributed by atoms with Gasteiger partial charge >= 0.3 is 0 Å². The Kier molecular flexibility index (Phi) is 4.35. The van der Waals surface area contributed by atoms with Crippen molar-refractivity contribution in [3.8, 4) is 11.6 Å². The molecular weight excluding hydrogens is 320 g/mol. The van der Waals surface area contributed by atoms with E-state index in [1.165, 1.54) is 0 Å². The van der Waals surface area contributed by atoms with Crippen molar-refractivity contribution in [2.24, 2.45) is 5.92 Å². The summed E-state index contributed by atoms with van der Waals surface area (Å²) in [4.78, 5) is 4.34. The summed E-state index contributed by atoms with van der Waals surface area (Å²) in [7, 11) is 0. The number of fused-ring (bicyclic) bond motifs is 1. The zero-order valence-corrected chi connectivity index (χ0v) is 14.5. The van der Waals surface area contributed by atoms with Gasteiger partial charge in [0.2, 0.25) is 11.7 Å². The van der Waals surface area contributed by atoms with Crippen molar-refractivity contribution < 1.29 is 8.94 Å². The van der Waals surface area contributed by atoms with Gasteiger partial charge in [-0.1, -0.05) is 19.0 Å². The predicted molar refractivity (Wildman–Crippen MR) is 89.6 cm³/mol. The minimum Gasteiger partial charge on any atom is -0.461 e. The number of aromatic nitrogens is 5. The van der Waals surface area contributed by atoms with Crippen LogP contribution in [0.1, 0.15) is 43.7 Å². The van der Waals surface area contributed by atoms with Crippen LogP contribution in [0.15, 0.2) is 27.3 Å². The van der Waals surface area contributed by atoms with Crippen LogP contribution in [0.2, 0.25) is 0 Å². The van der Waals surface area contributed by atoms with Crippen molar-refractivity contribution in [2.45, 2.75) is 45.7 Å². The van der Waals surface area contributed by atoms with Gasteiger partial charge in [0.15, 0.2) is 5.76 Å². The molecule has 0 bridgehead atoms. The molecule has 3 aromatic rings. The van der Waals surface area contributed by atoms with E-state index >= 15 is 0 Å². The summed E-state index contributed by atoms with van der Waals surface area (Å²) in [5.74, 6) is 4.80. The van der Waals surface area contributed by atoms with E-state index in [0.29, 0.717) is 35.9 Å². The lowest BCUT2D eigenvalue weighted by molar-refractivity contribution is 0.322. The highest BCUT2D eigenvalue weighted by Gasteiger charge is 2.23. The zero-order valence-electron chi connectivity index (χ0n) is 14.5. The average molecular weight is 342 g/mol. The van der Waals surface area contributed by atoms with E-state index in [9.17, 15) is 0 Å². The number of hydrogen-bond donors (Lipinski definition) is 1. The van der Waals surface area contributed by atoms with Crippen LogP contribution in [0.25, 0.3) is 11.6 Å². The molecule has 0 saturated carbocycles. The van der Waals surface area contributed by atoms with E-state index in [1.807, 2.05) is 6.07 Å². The maximum absolute atomic E-state index is 5.27. The fourth-order valence-electron chi connectivity index (χ4n) is 3.23. The summed E-state index contributed by atoms with van der Waals surface area (Å²) in [6.45, 7) is 6.73. The lowest BCUT2D eigenvalue weighted by atomic mass is 9.98. The molecule has 0 unspecified atom stereocenters. The number of rotatable bonds is 6. The molecule has 0 radical (unpaired) electrons. The normalized spacial score (nSPS) is 17.2. The summed E-state index contributed by atoms with van der Waals surface area (Å²) >= 11 is 0. The molecule has 25 heavy (non-hydrogen) atoms. The number of nitrogens with zero attached hydrogens (tertiary/aromatic N) is 5. The van der Waals surface area contributed by atoms with Gasteiger partial charge in [-0.2, -0.15) is 4.98 Å². The number of furan rings is 1. The highest BCUT2D eigenvalue weighted by Crippen LogP contribution is 2.23. The maximum atomic E-state index is 5.27. The molecule has 0 amide bonds. The van der Waals surface area contributed by atoms with Gasteiger partial charge in [0.25, 0.3) is 0 Å². The van der Waals surface area contributed by atoms with Crippen molar-refractivity contribution in [1.29, 1.82) is 0 Å². The monoisotopic (exact) mass is 342 g/mol. The van der Waals surface area contributed by atoms with Gasteiger partial charge in [-0.15, -0.1) is 10.2 Å². The van der Waals surface area contributed by atoms with Crippen molar-refractivity contribution >= 4 is 0 Å². The molecule has 8 nitrogen and oxygen atoms in total. The van der Waals surface area contributed by atoms with Gasteiger partial charge < -0.3 is 18.8 Å². The number of hydrogen-bond acceptors (Lipinski definition) is 7. The molecule has 0 fully saturated rings. The minimum atomic E-state index is 0.395. The third-order valence-corrected chi connectivity index (χ3v) is 4.51. The van der Waals surface area contributed by atoms with Crippen molar-refractivity contribution in [3.63, 3.8) is 0 Å². The number of nitrogens with one attached hydrogen (secondary N) is 1. The predicted octanol–water partition coefficient (Wildman–Crippen LogP) is 2.40. The molecule has 1 atom stereocenters. The first-order valence-corrected chi connectivity index (χ1v) is 8.70. The smallest absolute Gasteiger partial charge is 0.241 e. The van der Waals surface area contributed by atoms with Crippen LogP contribution < -0.4 is 5.32 Å². The summed E-state index contributed by atoms with van der Waals surface area (Å²) in [5.41, 5.74) is 0. The molecule has 0 aromatic carbocycles. The fourth-order valence-corrected chi connectivity index (χ4v) is 3.23. The van der Waals surface area contributed by atoms with E-state index in [1.54, 1.807) is 12.3 Å². The van der Waals surface area contributed by atoms with Gasteiger partial charge in [0, 0.05) is 25.4 Å². The van der Waals surface area contributed by atoms with Crippen LogP contribution in [0.3, 0.4) is 0 Å². The average Bonchev–Trinajstić information content (AvgIpc) is 3.34. The molecule has 4 heterocycles. The molecule has 3 aromatic heterocycles. The van der Waals surface area contributed by atoms with Gasteiger partial charge in [0.05, 0.1) is 12.8 Å². The molecule has 1 aliphatic heterocycles. The molecule has 1 aliphatic rings. The Labute approximate surface area is 145 Å². The van der Waals surface area contributed by atoms with Gasteiger partial charge in [-0.05, 0) is 24.5 Å². The molecule has 8 heteroatoms. The Morgan fingerprint density at radius 3 is 3.08 bits per heavy atom. The Hall–Kier alpha value is -2.48. The maximum Gasteiger partial charge on any atom is 0.241 e. The van der Waals surface area contributed by atoms with Gasteiger partial charge in [-0.3, -0.25) is 0 Å². The van der Waals surface area contributed by atoms with Gasteiger partial charge in [0.1, 0.15) is 11.6 Å². The van der Waals surface area contributed by atoms with Crippen molar-refractivity contribution in [3.05, 3.63) is 35.9 Å². The largest absolute Gasteiger partial charge is 0.461 e. The van der Waals surface area contributed by atoms with E-state index in [4.69, 9.17) is 8.94 Å². The van der Waals surface area contributed by atoms with E-state index in [-0.39, 0.29) is 0 Å². The first kappa shape index (κ1) is 16.0. The van der Waals surface area contributed by atoms with Crippen molar-refractivity contribution in [2.75, 3.05) is 6.54 Å². The molecular formula is C17H22N6O2. The molecule has 1 N–H and O–H groups in total. The molecule has 0 saturated heterocycles. The molecule has 132 valence electrons. The Morgan fingerprint density at radius 1 is 1.36 bits per heavy atom. The van der Waals surface area contributed by atoms with Crippen LogP contribution in [-0.2, 0) is 19.5 Å². The molecule has 4 rings (SSSR count). The summed E-state index contributed by atoms with van der Waals surface area (Å²) in [6.07, 6.45) is 3.69. The highest BCUT2D eigenvalue weighted by atomic mass is 16.5. The SMILES string of the molecule is CC(C)c1nnc2n1C[C@H](CNCc1nc(-c3ccco3)no1)CC2.